The maximum Gasteiger partial charge on any atom is 0.406 e. The molecule has 0 saturated carbocycles. The lowest BCUT2D eigenvalue weighted by Gasteiger charge is -2.40. The Bertz CT molecular complexity index is 1000. The highest BCUT2D eigenvalue weighted by Gasteiger charge is 2.52. The van der Waals surface area contributed by atoms with Crippen molar-refractivity contribution in [3.8, 4) is 11.5 Å². The molecule has 36 heavy (non-hydrogen) atoms. The molecule has 0 bridgehead atoms. The normalized spacial score (nSPS) is 22.7. The fourth-order valence-corrected chi connectivity index (χ4v) is 4.44. The lowest BCUT2D eigenvalue weighted by atomic mass is 9.77. The van der Waals surface area contributed by atoms with Crippen LogP contribution in [0, 0.1) is 0 Å². The minimum Gasteiger partial charge on any atom is -0.493 e. The summed E-state index contributed by atoms with van der Waals surface area (Å²) in [6.45, 7) is -1.58. The zero-order valence-corrected chi connectivity index (χ0v) is 19.7. The second kappa shape index (κ2) is 11.5. The molecule has 3 rings (SSSR count). The standard InChI is InChI=1S/C23H29F3N2O8/c1-3-35-10-17(31)28(11-23(24,25)26)15-8-14(22(33)27-4-5-29)18-13-6-12(9-30)7-16(34-2)20(13)36-21(18)19(15)32/h6-8,15,18-19,21,29-30,32H,3-5,9-11H2,1-2H3,(H,27,33)/t15-,18+,19+,21+/m1/s1. The van der Waals surface area contributed by atoms with Crippen LogP contribution in [0.5, 0.6) is 11.5 Å². The number of amides is 2. The highest BCUT2D eigenvalue weighted by molar-refractivity contribution is 5.96. The van der Waals surface area contributed by atoms with Crippen molar-refractivity contribution in [2.75, 3.05) is 40.0 Å². The Balaban J connectivity index is 2.13. The molecule has 1 aliphatic heterocycles. The van der Waals surface area contributed by atoms with Crippen molar-refractivity contribution in [2.45, 2.75) is 43.9 Å². The van der Waals surface area contributed by atoms with Crippen molar-refractivity contribution in [3.63, 3.8) is 0 Å². The van der Waals surface area contributed by atoms with Gasteiger partial charge >= 0.3 is 6.18 Å². The number of nitrogens with zero attached hydrogens (tertiary/aromatic N) is 1. The van der Waals surface area contributed by atoms with E-state index in [1.54, 1.807) is 13.0 Å². The molecule has 4 N–H and O–H groups in total. The topological polar surface area (TPSA) is 138 Å². The van der Waals surface area contributed by atoms with Crippen molar-refractivity contribution in [1.29, 1.82) is 0 Å². The molecule has 0 fully saturated rings. The molecule has 4 atom stereocenters. The Morgan fingerprint density at radius 1 is 1.25 bits per heavy atom. The van der Waals surface area contributed by atoms with Gasteiger partial charge in [0.2, 0.25) is 11.8 Å². The van der Waals surface area contributed by atoms with Crippen LogP contribution in [0.25, 0.3) is 0 Å². The highest BCUT2D eigenvalue weighted by Crippen LogP contribution is 2.51. The third-order valence-corrected chi connectivity index (χ3v) is 5.95. The molecule has 0 radical (unpaired) electrons. The van der Waals surface area contributed by atoms with Crippen molar-refractivity contribution in [1.82, 2.24) is 10.2 Å². The Morgan fingerprint density at radius 2 is 1.97 bits per heavy atom. The Labute approximate surface area is 205 Å². The van der Waals surface area contributed by atoms with Crippen LogP contribution in [0.4, 0.5) is 13.2 Å². The number of aliphatic hydroxyl groups excluding tert-OH is 3. The Kier molecular flexibility index (Phi) is 8.82. The van der Waals surface area contributed by atoms with Gasteiger partial charge in [-0.2, -0.15) is 13.2 Å². The number of ether oxygens (including phenoxy) is 3. The first-order valence-electron chi connectivity index (χ1n) is 11.3. The summed E-state index contributed by atoms with van der Waals surface area (Å²) >= 11 is 0. The van der Waals surface area contributed by atoms with E-state index in [1.807, 2.05) is 0 Å². The molecule has 2 aliphatic rings. The van der Waals surface area contributed by atoms with Gasteiger partial charge in [0.1, 0.15) is 25.4 Å². The average molecular weight is 518 g/mol. The number of methoxy groups -OCH3 is 1. The molecule has 1 aliphatic carbocycles. The van der Waals surface area contributed by atoms with Crippen molar-refractivity contribution >= 4 is 11.8 Å². The predicted octanol–water partition coefficient (Wildman–Crippen LogP) is 0.237. The van der Waals surface area contributed by atoms with E-state index < -0.39 is 55.3 Å². The van der Waals surface area contributed by atoms with E-state index >= 15 is 0 Å². The van der Waals surface area contributed by atoms with E-state index in [-0.39, 0.29) is 43.4 Å². The maximum atomic E-state index is 13.4. The molecule has 0 aromatic heterocycles. The quantitative estimate of drug-likeness (QED) is 0.346. The number of alkyl halides is 3. The first-order chi connectivity index (χ1) is 17.1. The first-order valence-corrected chi connectivity index (χ1v) is 11.3. The number of fused-ring (bicyclic) bond motifs is 3. The maximum absolute atomic E-state index is 13.4. The van der Waals surface area contributed by atoms with Crippen LogP contribution >= 0.6 is 0 Å². The first kappa shape index (κ1) is 27.7. The molecule has 0 unspecified atom stereocenters. The van der Waals surface area contributed by atoms with Crippen LogP contribution in [0.3, 0.4) is 0 Å². The highest BCUT2D eigenvalue weighted by atomic mass is 19.4. The van der Waals surface area contributed by atoms with Gasteiger partial charge in [0.25, 0.3) is 0 Å². The summed E-state index contributed by atoms with van der Waals surface area (Å²) in [7, 11) is 1.35. The molecular formula is C23H29F3N2O8. The SMILES string of the molecule is CCOCC(=O)N(CC(F)(F)F)[C@@H]1C=C(C(=O)NCCO)[C@@H]2c3cc(CO)cc(OC)c3O[C@@H]2[C@H]1O. The zero-order valence-electron chi connectivity index (χ0n) is 19.7. The summed E-state index contributed by atoms with van der Waals surface area (Å²) in [4.78, 5) is 26.2. The molecule has 200 valence electrons. The third-order valence-electron chi connectivity index (χ3n) is 5.95. The van der Waals surface area contributed by atoms with Gasteiger partial charge in [-0.3, -0.25) is 9.59 Å². The second-order valence-corrected chi connectivity index (χ2v) is 8.29. The number of carbonyl (C=O) groups excluding carboxylic acids is 2. The van der Waals surface area contributed by atoms with E-state index in [2.05, 4.69) is 5.32 Å². The molecule has 0 saturated heterocycles. The smallest absolute Gasteiger partial charge is 0.406 e. The number of hydrogen-bond donors (Lipinski definition) is 4. The number of hydrogen-bond acceptors (Lipinski definition) is 8. The van der Waals surface area contributed by atoms with Gasteiger partial charge in [-0.05, 0) is 30.7 Å². The minimum atomic E-state index is -4.80. The summed E-state index contributed by atoms with van der Waals surface area (Å²) in [6, 6.07) is 1.47. The number of rotatable bonds is 10. The lowest BCUT2D eigenvalue weighted by Crippen LogP contribution is -2.58. The average Bonchev–Trinajstić information content (AvgIpc) is 3.23. The van der Waals surface area contributed by atoms with Crippen molar-refractivity contribution in [2.24, 2.45) is 0 Å². The van der Waals surface area contributed by atoms with Crippen LogP contribution in [0.2, 0.25) is 0 Å². The number of nitrogens with one attached hydrogen (secondary N) is 1. The van der Waals surface area contributed by atoms with Crippen LogP contribution in [0.15, 0.2) is 23.8 Å². The summed E-state index contributed by atoms with van der Waals surface area (Å²) in [5, 5.41) is 32.4. The number of carbonyl (C=O) groups is 2. The molecule has 10 nitrogen and oxygen atoms in total. The second-order valence-electron chi connectivity index (χ2n) is 8.29. The lowest BCUT2D eigenvalue weighted by molar-refractivity contribution is -0.172. The van der Waals surface area contributed by atoms with Crippen LogP contribution in [-0.2, 0) is 20.9 Å². The summed E-state index contributed by atoms with van der Waals surface area (Å²) in [5.74, 6) is -2.33. The summed E-state index contributed by atoms with van der Waals surface area (Å²) in [5.41, 5.74) is 0.748. The monoisotopic (exact) mass is 518 g/mol. The summed E-state index contributed by atoms with van der Waals surface area (Å²) in [6.07, 6.45) is -6.59. The van der Waals surface area contributed by atoms with E-state index in [0.29, 0.717) is 16.0 Å². The van der Waals surface area contributed by atoms with E-state index in [9.17, 15) is 33.0 Å². The van der Waals surface area contributed by atoms with Crippen molar-refractivity contribution in [3.05, 3.63) is 34.9 Å². The van der Waals surface area contributed by atoms with E-state index in [0.717, 1.165) is 6.08 Å². The van der Waals surface area contributed by atoms with Gasteiger partial charge in [0.05, 0.1) is 32.3 Å². The van der Waals surface area contributed by atoms with E-state index in [4.69, 9.17) is 19.3 Å². The van der Waals surface area contributed by atoms with Gasteiger partial charge in [0.15, 0.2) is 11.5 Å². The molecule has 0 spiro atoms. The zero-order chi connectivity index (χ0) is 26.6. The van der Waals surface area contributed by atoms with Crippen LogP contribution in [-0.4, -0.2) is 96.5 Å². The number of aliphatic hydroxyl groups is 3. The van der Waals surface area contributed by atoms with Gasteiger partial charge in [0, 0.05) is 24.3 Å². The largest absolute Gasteiger partial charge is 0.493 e. The molecule has 1 aromatic rings. The molecule has 1 heterocycles. The molecule has 2 amide bonds. The Hall–Kier alpha value is -2.87. The fraction of sp³-hybridized carbons (Fsp3) is 0.565. The number of benzene rings is 1. The molecule has 1 aromatic carbocycles. The summed E-state index contributed by atoms with van der Waals surface area (Å²) < 4.78 is 56.6. The molecule has 13 heteroatoms. The predicted molar refractivity (Wildman–Crippen MR) is 118 cm³/mol. The number of halogens is 3. The third kappa shape index (κ3) is 5.75. The van der Waals surface area contributed by atoms with Gasteiger partial charge in [-0.1, -0.05) is 0 Å². The van der Waals surface area contributed by atoms with E-state index in [1.165, 1.54) is 13.2 Å². The minimum absolute atomic E-state index is 0.0592. The van der Waals surface area contributed by atoms with Crippen LogP contribution in [0.1, 0.15) is 24.0 Å². The van der Waals surface area contributed by atoms with Gasteiger partial charge in [-0.25, -0.2) is 0 Å². The van der Waals surface area contributed by atoms with Gasteiger partial charge < -0.3 is 39.7 Å². The van der Waals surface area contributed by atoms with Crippen LogP contribution < -0.4 is 14.8 Å². The Morgan fingerprint density at radius 3 is 2.56 bits per heavy atom. The fourth-order valence-electron chi connectivity index (χ4n) is 4.44. The van der Waals surface area contributed by atoms with Crippen molar-refractivity contribution < 1.29 is 52.3 Å². The van der Waals surface area contributed by atoms with Gasteiger partial charge in [-0.15, -0.1) is 0 Å². The molecular weight excluding hydrogens is 489 g/mol.